The SMILES string of the molecule is C/C=C(\C)C(=O)N(NCC(C)(C)O)c1ccccc1. The Morgan fingerprint density at radius 1 is 1.37 bits per heavy atom. The van der Waals surface area contributed by atoms with Crippen molar-refractivity contribution in [1.82, 2.24) is 5.43 Å². The molecule has 2 N–H and O–H groups in total. The van der Waals surface area contributed by atoms with Crippen LogP contribution in [0.3, 0.4) is 0 Å². The fourth-order valence-electron chi connectivity index (χ4n) is 1.43. The third kappa shape index (κ3) is 4.85. The van der Waals surface area contributed by atoms with Gasteiger partial charge in [-0.1, -0.05) is 24.3 Å². The van der Waals surface area contributed by atoms with Gasteiger partial charge in [0.2, 0.25) is 0 Å². The number of anilines is 1. The first-order valence-corrected chi connectivity index (χ1v) is 6.33. The van der Waals surface area contributed by atoms with Gasteiger partial charge < -0.3 is 5.11 Å². The van der Waals surface area contributed by atoms with E-state index in [0.29, 0.717) is 5.57 Å². The van der Waals surface area contributed by atoms with E-state index in [4.69, 9.17) is 0 Å². The summed E-state index contributed by atoms with van der Waals surface area (Å²) in [6.07, 6.45) is 1.77. The van der Waals surface area contributed by atoms with Crippen LogP contribution in [-0.4, -0.2) is 23.2 Å². The predicted octanol–water partition coefficient (Wildman–Crippen LogP) is 2.26. The Bertz CT molecular complexity index is 447. The van der Waals surface area contributed by atoms with Gasteiger partial charge in [0, 0.05) is 12.1 Å². The number of benzene rings is 1. The molecule has 0 saturated carbocycles. The highest BCUT2D eigenvalue weighted by atomic mass is 16.3. The average molecular weight is 262 g/mol. The molecule has 0 bridgehead atoms. The van der Waals surface area contributed by atoms with Crippen LogP contribution in [0.25, 0.3) is 0 Å². The quantitative estimate of drug-likeness (QED) is 0.632. The molecule has 1 rings (SSSR count). The molecule has 1 aromatic rings. The van der Waals surface area contributed by atoms with Crippen molar-refractivity contribution in [1.29, 1.82) is 0 Å². The normalized spacial score (nSPS) is 12.4. The Kier molecular flexibility index (Phi) is 5.27. The average Bonchev–Trinajstić information content (AvgIpc) is 2.37. The van der Waals surface area contributed by atoms with E-state index >= 15 is 0 Å². The first-order valence-electron chi connectivity index (χ1n) is 6.33. The molecule has 4 nitrogen and oxygen atoms in total. The fraction of sp³-hybridized carbons (Fsp3) is 0.400. The summed E-state index contributed by atoms with van der Waals surface area (Å²) in [6.45, 7) is 7.26. The molecule has 1 aromatic carbocycles. The van der Waals surface area contributed by atoms with Gasteiger partial charge in [0.25, 0.3) is 5.91 Å². The Hall–Kier alpha value is -1.65. The Morgan fingerprint density at radius 2 is 1.95 bits per heavy atom. The zero-order chi connectivity index (χ0) is 14.5. The summed E-state index contributed by atoms with van der Waals surface area (Å²) in [4.78, 5) is 12.3. The third-order valence-electron chi connectivity index (χ3n) is 2.66. The van der Waals surface area contributed by atoms with Crippen molar-refractivity contribution >= 4 is 11.6 Å². The second-order valence-corrected chi connectivity index (χ2v) is 5.10. The summed E-state index contributed by atoms with van der Waals surface area (Å²) < 4.78 is 0. The number of rotatable bonds is 5. The van der Waals surface area contributed by atoms with Gasteiger partial charge in [-0.3, -0.25) is 4.79 Å². The third-order valence-corrected chi connectivity index (χ3v) is 2.66. The van der Waals surface area contributed by atoms with E-state index in [9.17, 15) is 9.90 Å². The predicted molar refractivity (Wildman–Crippen MR) is 77.7 cm³/mol. The molecule has 0 aliphatic rings. The van der Waals surface area contributed by atoms with Crippen LogP contribution >= 0.6 is 0 Å². The highest BCUT2D eigenvalue weighted by molar-refractivity contribution is 6.04. The van der Waals surface area contributed by atoms with Crippen LogP contribution in [0.1, 0.15) is 27.7 Å². The van der Waals surface area contributed by atoms with Crippen LogP contribution < -0.4 is 10.4 Å². The van der Waals surface area contributed by atoms with Gasteiger partial charge in [0.05, 0.1) is 11.3 Å². The van der Waals surface area contributed by atoms with E-state index in [2.05, 4.69) is 5.43 Å². The molecule has 19 heavy (non-hydrogen) atoms. The van der Waals surface area contributed by atoms with Crippen LogP contribution in [0, 0.1) is 0 Å². The van der Waals surface area contributed by atoms with Gasteiger partial charge in [-0.05, 0) is 39.8 Å². The summed E-state index contributed by atoms with van der Waals surface area (Å²) in [5.41, 5.74) is 3.49. The summed E-state index contributed by atoms with van der Waals surface area (Å²) in [7, 11) is 0. The first-order chi connectivity index (χ1) is 8.85. The number of para-hydroxylation sites is 1. The van der Waals surface area contributed by atoms with Crippen LogP contribution in [0.2, 0.25) is 0 Å². The fourth-order valence-corrected chi connectivity index (χ4v) is 1.43. The van der Waals surface area contributed by atoms with Crippen molar-refractivity contribution in [3.63, 3.8) is 0 Å². The number of nitrogens with zero attached hydrogens (tertiary/aromatic N) is 1. The molecule has 0 spiro atoms. The van der Waals surface area contributed by atoms with Gasteiger partial charge >= 0.3 is 0 Å². The number of carbonyl (C=O) groups excluding carboxylic acids is 1. The van der Waals surface area contributed by atoms with E-state index in [1.54, 1.807) is 26.8 Å². The number of aliphatic hydroxyl groups is 1. The number of nitrogens with one attached hydrogen (secondary N) is 1. The van der Waals surface area contributed by atoms with Gasteiger partial charge in [-0.2, -0.15) is 0 Å². The van der Waals surface area contributed by atoms with Crippen molar-refractivity contribution in [2.24, 2.45) is 0 Å². The monoisotopic (exact) mass is 262 g/mol. The van der Waals surface area contributed by atoms with E-state index in [0.717, 1.165) is 5.69 Å². The molecule has 0 radical (unpaired) electrons. The molecule has 0 atom stereocenters. The minimum atomic E-state index is -0.892. The van der Waals surface area contributed by atoms with Crippen molar-refractivity contribution in [2.45, 2.75) is 33.3 Å². The Morgan fingerprint density at radius 3 is 2.42 bits per heavy atom. The molecule has 0 heterocycles. The molecule has 0 aliphatic carbocycles. The zero-order valence-electron chi connectivity index (χ0n) is 12.0. The van der Waals surface area contributed by atoms with E-state index in [-0.39, 0.29) is 12.5 Å². The molecule has 0 saturated heterocycles. The smallest absolute Gasteiger partial charge is 0.267 e. The summed E-state index contributed by atoms with van der Waals surface area (Å²) in [5.74, 6) is -0.127. The standard InChI is InChI=1S/C15H22N2O2/c1-5-12(2)14(18)17(16-11-15(3,4)19)13-9-7-6-8-10-13/h5-10,16,19H,11H2,1-4H3/b12-5+. The molecule has 4 heteroatoms. The van der Waals surface area contributed by atoms with Crippen molar-refractivity contribution < 1.29 is 9.90 Å². The zero-order valence-corrected chi connectivity index (χ0v) is 12.0. The number of hydrogen-bond acceptors (Lipinski definition) is 3. The largest absolute Gasteiger partial charge is 0.389 e. The summed E-state index contributed by atoms with van der Waals surface area (Å²) >= 11 is 0. The summed E-state index contributed by atoms with van der Waals surface area (Å²) in [6, 6.07) is 9.32. The van der Waals surface area contributed by atoms with E-state index in [1.807, 2.05) is 37.3 Å². The molecule has 1 amide bonds. The first kappa shape index (κ1) is 15.4. The molecular weight excluding hydrogens is 240 g/mol. The highest BCUT2D eigenvalue weighted by Gasteiger charge is 2.20. The maximum absolute atomic E-state index is 12.3. The van der Waals surface area contributed by atoms with Gasteiger partial charge in [-0.25, -0.2) is 10.4 Å². The summed E-state index contributed by atoms with van der Waals surface area (Å²) in [5, 5.41) is 11.2. The highest BCUT2D eigenvalue weighted by Crippen LogP contribution is 2.14. The minimum absolute atomic E-state index is 0.127. The van der Waals surface area contributed by atoms with Crippen LogP contribution in [-0.2, 0) is 4.79 Å². The number of carbonyl (C=O) groups is 1. The van der Waals surface area contributed by atoms with Crippen LogP contribution in [0.5, 0.6) is 0 Å². The molecular formula is C15H22N2O2. The minimum Gasteiger partial charge on any atom is -0.389 e. The lowest BCUT2D eigenvalue weighted by molar-refractivity contribution is -0.115. The lowest BCUT2D eigenvalue weighted by atomic mass is 10.1. The maximum atomic E-state index is 12.3. The van der Waals surface area contributed by atoms with Crippen molar-refractivity contribution in [3.8, 4) is 0 Å². The molecule has 0 aliphatic heterocycles. The van der Waals surface area contributed by atoms with Gasteiger partial charge in [-0.15, -0.1) is 0 Å². The molecule has 104 valence electrons. The Labute approximate surface area is 114 Å². The van der Waals surface area contributed by atoms with E-state index in [1.165, 1.54) is 5.01 Å². The maximum Gasteiger partial charge on any atom is 0.267 e. The second-order valence-electron chi connectivity index (χ2n) is 5.10. The number of allylic oxidation sites excluding steroid dienone is 1. The van der Waals surface area contributed by atoms with Crippen molar-refractivity contribution in [2.75, 3.05) is 11.6 Å². The molecule has 0 unspecified atom stereocenters. The van der Waals surface area contributed by atoms with Gasteiger partial charge in [0.1, 0.15) is 0 Å². The Balaban J connectivity index is 2.95. The van der Waals surface area contributed by atoms with Gasteiger partial charge in [0.15, 0.2) is 0 Å². The topological polar surface area (TPSA) is 52.6 Å². The van der Waals surface area contributed by atoms with Crippen LogP contribution in [0.15, 0.2) is 42.0 Å². The lowest BCUT2D eigenvalue weighted by Gasteiger charge is -2.27. The van der Waals surface area contributed by atoms with Crippen molar-refractivity contribution in [3.05, 3.63) is 42.0 Å². The van der Waals surface area contributed by atoms with E-state index < -0.39 is 5.60 Å². The van der Waals surface area contributed by atoms with Crippen LogP contribution in [0.4, 0.5) is 5.69 Å². The number of hydrazine groups is 1. The lowest BCUT2D eigenvalue weighted by Crippen LogP contribution is -2.49. The molecule has 0 aromatic heterocycles. The number of amides is 1. The second kappa shape index (κ2) is 6.50. The molecule has 0 fully saturated rings. The number of hydrogen-bond donors (Lipinski definition) is 2.